The van der Waals surface area contributed by atoms with Crippen LogP contribution in [0.4, 0.5) is 0 Å². The van der Waals surface area contributed by atoms with Crippen LogP contribution in [0.15, 0.2) is 36.5 Å². The topological polar surface area (TPSA) is 56.2 Å². The maximum absolute atomic E-state index is 12.6. The second-order valence-electron chi connectivity index (χ2n) is 5.90. The van der Waals surface area contributed by atoms with Gasteiger partial charge in [0.05, 0.1) is 11.6 Å². The molecule has 0 radical (unpaired) electrons. The van der Waals surface area contributed by atoms with Crippen molar-refractivity contribution < 1.29 is 9.53 Å². The Labute approximate surface area is 136 Å². The Kier molecular flexibility index (Phi) is 4.76. The molecule has 0 unspecified atom stereocenters. The summed E-state index contributed by atoms with van der Waals surface area (Å²) in [6.45, 7) is 6.05. The Hall–Kier alpha value is -2.14. The van der Waals surface area contributed by atoms with Gasteiger partial charge in [0.25, 0.3) is 0 Å². The Bertz CT molecular complexity index is 680. The molecule has 1 N–H and O–H groups in total. The maximum Gasteiger partial charge on any atom is 0.226 e. The van der Waals surface area contributed by atoms with Crippen LogP contribution in [0.3, 0.4) is 0 Å². The van der Waals surface area contributed by atoms with Crippen molar-refractivity contribution in [3.8, 4) is 0 Å². The number of carbonyl (C=O) groups excluding carboxylic acids is 1. The average Bonchev–Trinajstić information content (AvgIpc) is 3.21. The lowest BCUT2D eigenvalue weighted by Gasteiger charge is -2.19. The van der Waals surface area contributed by atoms with E-state index in [1.165, 1.54) is 5.56 Å². The molecule has 1 aromatic heterocycles. The highest BCUT2D eigenvalue weighted by molar-refractivity contribution is 5.79. The summed E-state index contributed by atoms with van der Waals surface area (Å²) >= 11 is 0. The van der Waals surface area contributed by atoms with E-state index in [1.807, 2.05) is 35.9 Å². The van der Waals surface area contributed by atoms with Gasteiger partial charge < -0.3 is 10.1 Å². The molecule has 0 spiro atoms. The van der Waals surface area contributed by atoms with E-state index in [2.05, 4.69) is 23.4 Å². The van der Waals surface area contributed by atoms with Crippen molar-refractivity contribution in [3.05, 3.63) is 53.3 Å². The molecule has 1 amide bonds. The molecule has 122 valence electrons. The van der Waals surface area contributed by atoms with Crippen LogP contribution in [0, 0.1) is 12.8 Å². The average molecular weight is 313 g/mol. The van der Waals surface area contributed by atoms with Crippen molar-refractivity contribution >= 4 is 5.91 Å². The lowest BCUT2D eigenvalue weighted by atomic mass is 9.97. The number of amides is 1. The number of benzene rings is 1. The summed E-state index contributed by atoms with van der Waals surface area (Å²) in [7, 11) is 0. The monoisotopic (exact) mass is 313 g/mol. The highest BCUT2D eigenvalue weighted by atomic mass is 16.5. The zero-order chi connectivity index (χ0) is 16.2. The first-order valence-corrected chi connectivity index (χ1v) is 8.16. The molecule has 1 saturated heterocycles. The molecule has 1 fully saturated rings. The number of nitrogens with zero attached hydrogens (tertiary/aromatic N) is 2. The molecular formula is C18H23N3O2. The van der Waals surface area contributed by atoms with Crippen LogP contribution >= 0.6 is 0 Å². The molecule has 0 bridgehead atoms. The molecular weight excluding hydrogens is 290 g/mol. The van der Waals surface area contributed by atoms with Crippen molar-refractivity contribution in [3.63, 3.8) is 0 Å². The fourth-order valence-electron chi connectivity index (χ4n) is 3.12. The van der Waals surface area contributed by atoms with Gasteiger partial charge in [-0.25, -0.2) is 0 Å². The largest absolute Gasteiger partial charge is 0.371 e. The Morgan fingerprint density at radius 1 is 1.39 bits per heavy atom. The number of hydrogen-bond acceptors (Lipinski definition) is 3. The third-order valence-electron chi connectivity index (χ3n) is 4.48. The number of nitrogens with one attached hydrogen (secondary N) is 1. The Morgan fingerprint density at radius 2 is 2.22 bits per heavy atom. The van der Waals surface area contributed by atoms with Gasteiger partial charge in [-0.05, 0) is 37.5 Å². The predicted molar refractivity (Wildman–Crippen MR) is 87.7 cm³/mol. The smallest absolute Gasteiger partial charge is 0.226 e. The summed E-state index contributed by atoms with van der Waals surface area (Å²) in [6.07, 6.45) is 2.32. The first-order chi connectivity index (χ1) is 11.2. The number of carbonyl (C=O) groups is 1. The molecule has 5 heteroatoms. The second-order valence-corrected chi connectivity index (χ2v) is 5.90. The van der Waals surface area contributed by atoms with Crippen molar-refractivity contribution in [1.82, 2.24) is 15.1 Å². The molecule has 1 aliphatic rings. The molecule has 5 nitrogen and oxygen atoms in total. The highest BCUT2D eigenvalue weighted by Gasteiger charge is 2.36. The van der Waals surface area contributed by atoms with Crippen molar-refractivity contribution in [2.75, 3.05) is 6.61 Å². The third-order valence-corrected chi connectivity index (χ3v) is 4.48. The van der Waals surface area contributed by atoms with E-state index < -0.39 is 0 Å². The van der Waals surface area contributed by atoms with Gasteiger partial charge >= 0.3 is 0 Å². The van der Waals surface area contributed by atoms with E-state index in [4.69, 9.17) is 4.74 Å². The third kappa shape index (κ3) is 3.29. The molecule has 3 rings (SSSR count). The van der Waals surface area contributed by atoms with Gasteiger partial charge in [-0.15, -0.1) is 0 Å². The van der Waals surface area contributed by atoms with Gasteiger partial charge in [0.1, 0.15) is 6.10 Å². The molecule has 2 aromatic rings. The van der Waals surface area contributed by atoms with Crippen LogP contribution in [-0.2, 0) is 22.6 Å². The van der Waals surface area contributed by atoms with Gasteiger partial charge in [0.15, 0.2) is 0 Å². The lowest BCUT2D eigenvalue weighted by molar-refractivity contribution is -0.127. The number of aryl methyl sites for hydroxylation is 2. The van der Waals surface area contributed by atoms with Crippen molar-refractivity contribution in [1.29, 1.82) is 0 Å². The molecule has 1 aliphatic heterocycles. The number of ether oxygens (including phenoxy) is 1. The predicted octanol–water partition coefficient (Wildman–Crippen LogP) is 2.61. The van der Waals surface area contributed by atoms with Crippen molar-refractivity contribution in [2.45, 2.75) is 39.5 Å². The lowest BCUT2D eigenvalue weighted by Crippen LogP contribution is -2.32. The fourth-order valence-corrected chi connectivity index (χ4v) is 3.12. The minimum absolute atomic E-state index is 0.0552. The van der Waals surface area contributed by atoms with Gasteiger partial charge in [-0.1, -0.05) is 24.3 Å². The number of rotatable bonds is 5. The van der Waals surface area contributed by atoms with E-state index in [9.17, 15) is 4.79 Å². The minimum atomic E-state index is -0.200. The Morgan fingerprint density at radius 3 is 3.00 bits per heavy atom. The van der Waals surface area contributed by atoms with E-state index in [0.29, 0.717) is 13.2 Å². The highest BCUT2D eigenvalue weighted by Crippen LogP contribution is 2.34. The molecule has 0 saturated carbocycles. The first-order valence-electron chi connectivity index (χ1n) is 8.16. The van der Waals surface area contributed by atoms with Gasteiger partial charge in [0, 0.05) is 25.9 Å². The summed E-state index contributed by atoms with van der Waals surface area (Å²) in [4.78, 5) is 12.6. The van der Waals surface area contributed by atoms with Crippen LogP contribution in [0.1, 0.15) is 36.3 Å². The van der Waals surface area contributed by atoms with Crippen LogP contribution < -0.4 is 5.32 Å². The SMILES string of the molecule is CCn1nccc1[C@@H]1OCC[C@H]1C(=O)NCc1ccccc1C. The molecule has 23 heavy (non-hydrogen) atoms. The minimum Gasteiger partial charge on any atom is -0.371 e. The second kappa shape index (κ2) is 6.96. The van der Waals surface area contributed by atoms with Crippen LogP contribution in [0.25, 0.3) is 0 Å². The van der Waals surface area contributed by atoms with E-state index in [0.717, 1.165) is 24.2 Å². The summed E-state index contributed by atoms with van der Waals surface area (Å²) < 4.78 is 7.73. The molecule has 2 atom stereocenters. The van der Waals surface area contributed by atoms with Gasteiger partial charge in [-0.3, -0.25) is 9.48 Å². The normalized spacial score (nSPS) is 20.6. The maximum atomic E-state index is 12.6. The van der Waals surface area contributed by atoms with E-state index in [-0.39, 0.29) is 17.9 Å². The quantitative estimate of drug-likeness (QED) is 0.923. The standard InChI is InChI=1S/C18H23N3O2/c1-3-21-16(8-10-20-21)17-15(9-11-23-17)18(22)19-12-14-7-5-4-6-13(14)2/h4-8,10,15,17H,3,9,11-12H2,1-2H3,(H,19,22)/t15-,17-/m1/s1. The first kappa shape index (κ1) is 15.7. The van der Waals surface area contributed by atoms with Gasteiger partial charge in [-0.2, -0.15) is 5.10 Å². The van der Waals surface area contributed by atoms with Crippen LogP contribution in [0.2, 0.25) is 0 Å². The molecule has 0 aliphatic carbocycles. The molecule has 1 aromatic carbocycles. The van der Waals surface area contributed by atoms with Crippen LogP contribution in [0.5, 0.6) is 0 Å². The zero-order valence-corrected chi connectivity index (χ0v) is 13.7. The summed E-state index contributed by atoms with van der Waals surface area (Å²) in [6, 6.07) is 10.1. The molecule has 2 heterocycles. The fraction of sp³-hybridized carbons (Fsp3) is 0.444. The summed E-state index contributed by atoms with van der Waals surface area (Å²) in [5.41, 5.74) is 3.33. The summed E-state index contributed by atoms with van der Waals surface area (Å²) in [5.74, 6) is -0.0966. The Balaban J connectivity index is 1.68. The number of hydrogen-bond donors (Lipinski definition) is 1. The van der Waals surface area contributed by atoms with Crippen molar-refractivity contribution in [2.24, 2.45) is 5.92 Å². The zero-order valence-electron chi connectivity index (χ0n) is 13.7. The van der Waals surface area contributed by atoms with Gasteiger partial charge in [0.2, 0.25) is 5.91 Å². The van der Waals surface area contributed by atoms with E-state index >= 15 is 0 Å². The van der Waals surface area contributed by atoms with E-state index in [1.54, 1.807) is 6.20 Å². The number of aromatic nitrogens is 2. The summed E-state index contributed by atoms with van der Waals surface area (Å²) in [5, 5.41) is 7.35. The van der Waals surface area contributed by atoms with Crippen LogP contribution in [-0.4, -0.2) is 22.3 Å².